The van der Waals surface area contributed by atoms with E-state index in [0.29, 0.717) is 36.2 Å². The van der Waals surface area contributed by atoms with Gasteiger partial charge >= 0.3 is 0 Å². The second-order valence-electron chi connectivity index (χ2n) is 7.17. The van der Waals surface area contributed by atoms with Gasteiger partial charge in [-0.25, -0.2) is 4.98 Å². The number of para-hydroxylation sites is 2. The molecule has 2 aromatic heterocycles. The number of benzene rings is 2. The molecule has 0 bridgehead atoms. The van der Waals surface area contributed by atoms with Crippen LogP contribution < -0.4 is 20.1 Å². The molecule has 0 atom stereocenters. The highest BCUT2D eigenvalue weighted by atomic mass is 32.1. The first-order valence-corrected chi connectivity index (χ1v) is 12.3. The molecule has 174 valence electrons. The van der Waals surface area contributed by atoms with E-state index in [1.165, 1.54) is 18.3 Å². The van der Waals surface area contributed by atoms with Gasteiger partial charge in [-0.3, -0.25) is 14.9 Å². The van der Waals surface area contributed by atoms with Crippen molar-refractivity contribution in [1.82, 2.24) is 10.3 Å². The zero-order valence-electron chi connectivity index (χ0n) is 18.4. The Morgan fingerprint density at radius 1 is 0.941 bits per heavy atom. The fourth-order valence-corrected chi connectivity index (χ4v) is 4.73. The van der Waals surface area contributed by atoms with Crippen molar-refractivity contribution in [3.8, 4) is 22.1 Å². The SMILES string of the molecule is CC(=O)NCc1ccc(-c2csc(NC(=O)c3ccccc3OCCOc3ccccc3)n2)s1. The quantitative estimate of drug-likeness (QED) is 0.296. The fourth-order valence-electron chi connectivity index (χ4n) is 3.04. The molecule has 0 spiro atoms. The maximum atomic E-state index is 12.9. The molecule has 0 saturated carbocycles. The highest BCUT2D eigenvalue weighted by Gasteiger charge is 2.15. The summed E-state index contributed by atoms with van der Waals surface area (Å²) in [5.74, 6) is 0.888. The van der Waals surface area contributed by atoms with Gasteiger partial charge in [0.05, 0.1) is 22.7 Å². The number of amides is 2. The van der Waals surface area contributed by atoms with Crippen LogP contribution in [-0.2, 0) is 11.3 Å². The topological polar surface area (TPSA) is 89.6 Å². The third kappa shape index (κ3) is 6.43. The predicted molar refractivity (Wildman–Crippen MR) is 135 cm³/mol. The van der Waals surface area contributed by atoms with Crippen LogP contribution in [0.25, 0.3) is 10.6 Å². The molecular formula is C25H23N3O4S2. The number of hydrogen-bond donors (Lipinski definition) is 2. The molecular weight excluding hydrogens is 470 g/mol. The molecule has 2 aromatic carbocycles. The van der Waals surface area contributed by atoms with Gasteiger partial charge in [0.1, 0.15) is 24.7 Å². The van der Waals surface area contributed by atoms with Gasteiger partial charge in [0.15, 0.2) is 5.13 Å². The van der Waals surface area contributed by atoms with E-state index in [1.807, 2.05) is 53.9 Å². The Bertz CT molecular complexity index is 1250. The number of nitrogens with zero attached hydrogens (tertiary/aromatic N) is 1. The number of nitrogens with one attached hydrogen (secondary N) is 2. The molecule has 2 heterocycles. The Labute approximate surface area is 205 Å². The first-order chi connectivity index (χ1) is 16.6. The minimum atomic E-state index is -0.294. The van der Waals surface area contributed by atoms with Crippen LogP contribution in [0.1, 0.15) is 22.2 Å². The Morgan fingerprint density at radius 3 is 2.53 bits per heavy atom. The molecule has 4 rings (SSSR count). The minimum Gasteiger partial charge on any atom is -0.490 e. The smallest absolute Gasteiger partial charge is 0.261 e. The van der Waals surface area contributed by atoms with E-state index in [2.05, 4.69) is 15.6 Å². The number of hydrogen-bond acceptors (Lipinski definition) is 7. The summed E-state index contributed by atoms with van der Waals surface area (Å²) in [4.78, 5) is 30.5. The largest absolute Gasteiger partial charge is 0.490 e. The summed E-state index contributed by atoms with van der Waals surface area (Å²) in [6, 6.07) is 20.5. The summed E-state index contributed by atoms with van der Waals surface area (Å²) in [6.07, 6.45) is 0. The lowest BCUT2D eigenvalue weighted by molar-refractivity contribution is -0.119. The average molecular weight is 494 g/mol. The van der Waals surface area contributed by atoms with E-state index in [-0.39, 0.29) is 11.8 Å². The molecule has 0 fully saturated rings. The first-order valence-electron chi connectivity index (χ1n) is 10.6. The van der Waals surface area contributed by atoms with Crippen molar-refractivity contribution in [2.45, 2.75) is 13.5 Å². The summed E-state index contributed by atoms with van der Waals surface area (Å²) in [5, 5.41) is 8.04. The van der Waals surface area contributed by atoms with E-state index >= 15 is 0 Å². The Kier molecular flexibility index (Phi) is 7.90. The molecule has 0 aliphatic heterocycles. The number of aromatic nitrogens is 1. The number of carbonyl (C=O) groups excluding carboxylic acids is 2. The lowest BCUT2D eigenvalue weighted by Crippen LogP contribution is -2.17. The normalized spacial score (nSPS) is 10.5. The molecule has 9 heteroatoms. The molecule has 7 nitrogen and oxygen atoms in total. The van der Waals surface area contributed by atoms with E-state index in [0.717, 1.165) is 21.2 Å². The monoisotopic (exact) mass is 493 g/mol. The predicted octanol–water partition coefficient (Wildman–Crippen LogP) is 5.22. The van der Waals surface area contributed by atoms with Crippen LogP contribution in [-0.4, -0.2) is 30.0 Å². The van der Waals surface area contributed by atoms with Crippen LogP contribution in [0, 0.1) is 0 Å². The maximum absolute atomic E-state index is 12.9. The summed E-state index contributed by atoms with van der Waals surface area (Å²) < 4.78 is 11.4. The highest BCUT2D eigenvalue weighted by Crippen LogP contribution is 2.31. The number of thiazole rings is 1. The van der Waals surface area contributed by atoms with Gasteiger partial charge in [0, 0.05) is 17.2 Å². The Balaban J connectivity index is 1.34. The van der Waals surface area contributed by atoms with E-state index in [1.54, 1.807) is 29.5 Å². The minimum absolute atomic E-state index is 0.0680. The first kappa shape index (κ1) is 23.5. The van der Waals surface area contributed by atoms with Gasteiger partial charge in [0.25, 0.3) is 5.91 Å². The Morgan fingerprint density at radius 2 is 1.71 bits per heavy atom. The van der Waals surface area contributed by atoms with Crippen molar-refractivity contribution in [2.24, 2.45) is 0 Å². The average Bonchev–Trinajstić information content (AvgIpc) is 3.51. The van der Waals surface area contributed by atoms with Crippen LogP contribution in [0.15, 0.2) is 72.1 Å². The van der Waals surface area contributed by atoms with E-state index in [9.17, 15) is 9.59 Å². The highest BCUT2D eigenvalue weighted by molar-refractivity contribution is 7.17. The van der Waals surface area contributed by atoms with Gasteiger partial charge in [-0.2, -0.15) is 0 Å². The van der Waals surface area contributed by atoms with Crippen molar-refractivity contribution in [3.63, 3.8) is 0 Å². The molecule has 2 amide bonds. The number of carbonyl (C=O) groups is 2. The van der Waals surface area contributed by atoms with E-state index in [4.69, 9.17) is 9.47 Å². The number of anilines is 1. The molecule has 0 aliphatic rings. The van der Waals surface area contributed by atoms with Crippen LogP contribution in [0.5, 0.6) is 11.5 Å². The van der Waals surface area contributed by atoms with Gasteiger partial charge < -0.3 is 14.8 Å². The summed E-state index contributed by atoms with van der Waals surface area (Å²) in [7, 11) is 0. The van der Waals surface area contributed by atoms with E-state index < -0.39 is 0 Å². The molecule has 4 aromatic rings. The molecule has 0 saturated heterocycles. The number of thiophene rings is 1. The van der Waals surface area contributed by atoms with Gasteiger partial charge in [-0.1, -0.05) is 30.3 Å². The summed E-state index contributed by atoms with van der Waals surface area (Å²) in [6.45, 7) is 2.65. The third-order valence-electron chi connectivity index (χ3n) is 4.63. The lowest BCUT2D eigenvalue weighted by Gasteiger charge is -2.11. The van der Waals surface area contributed by atoms with Crippen LogP contribution in [0.2, 0.25) is 0 Å². The van der Waals surface area contributed by atoms with Crippen molar-refractivity contribution in [2.75, 3.05) is 18.5 Å². The standard InChI is InChI=1S/C25H23N3O4S2/c1-17(29)26-15-19-11-12-23(34-19)21-16-33-25(27-21)28-24(30)20-9-5-6-10-22(20)32-14-13-31-18-7-3-2-4-8-18/h2-12,16H,13-15H2,1H3,(H,26,29)(H,27,28,30). The second-order valence-corrected chi connectivity index (χ2v) is 9.20. The summed E-state index contributed by atoms with van der Waals surface area (Å²) in [5.41, 5.74) is 1.20. The number of ether oxygens (including phenoxy) is 2. The Hall–Kier alpha value is -3.69. The maximum Gasteiger partial charge on any atom is 0.261 e. The fraction of sp³-hybridized carbons (Fsp3) is 0.160. The van der Waals surface area contributed by atoms with Gasteiger partial charge in [-0.15, -0.1) is 22.7 Å². The molecule has 0 aliphatic carbocycles. The van der Waals surface area contributed by atoms with Crippen molar-refractivity contribution in [3.05, 3.63) is 82.6 Å². The lowest BCUT2D eigenvalue weighted by atomic mass is 10.2. The second kappa shape index (κ2) is 11.4. The molecule has 34 heavy (non-hydrogen) atoms. The molecule has 0 unspecified atom stereocenters. The van der Waals surface area contributed by atoms with Crippen LogP contribution >= 0.6 is 22.7 Å². The zero-order chi connectivity index (χ0) is 23.8. The third-order valence-corrected chi connectivity index (χ3v) is 6.50. The van der Waals surface area contributed by atoms with Crippen LogP contribution in [0.3, 0.4) is 0 Å². The van der Waals surface area contributed by atoms with Crippen molar-refractivity contribution in [1.29, 1.82) is 0 Å². The molecule has 0 radical (unpaired) electrons. The van der Waals surface area contributed by atoms with Crippen molar-refractivity contribution < 1.29 is 19.1 Å². The zero-order valence-corrected chi connectivity index (χ0v) is 20.1. The van der Waals surface area contributed by atoms with Gasteiger partial charge in [-0.05, 0) is 36.4 Å². The summed E-state index contributed by atoms with van der Waals surface area (Å²) >= 11 is 2.91. The van der Waals surface area contributed by atoms with Crippen molar-refractivity contribution >= 4 is 39.6 Å². The number of rotatable bonds is 10. The molecule has 2 N–H and O–H groups in total. The van der Waals surface area contributed by atoms with Gasteiger partial charge in [0.2, 0.25) is 5.91 Å². The van der Waals surface area contributed by atoms with Crippen LogP contribution in [0.4, 0.5) is 5.13 Å².